The Kier molecular flexibility index (Phi) is 4.69. The molecule has 5 nitrogen and oxygen atoms in total. The second-order valence-corrected chi connectivity index (χ2v) is 5.79. The van der Waals surface area contributed by atoms with E-state index in [2.05, 4.69) is 14.9 Å². The Balaban J connectivity index is 1.31. The monoisotopic (exact) mass is 345 g/mol. The summed E-state index contributed by atoms with van der Waals surface area (Å²) in [6.07, 6.45) is 12.0. The van der Waals surface area contributed by atoms with Gasteiger partial charge in [0.05, 0.1) is 17.6 Å². The standard InChI is InChI=1S/C21H19N3O2/c1-2-6-14-24(13-5-1)15-16-25-17-9-11-18(12-10-17)26-21-22-19-7-3-4-8-20(19)23-21/h1-14H,15-16H2,(H,22,23). The number of rotatable bonds is 6. The minimum Gasteiger partial charge on any atom is -0.492 e. The molecule has 26 heavy (non-hydrogen) atoms. The molecule has 0 atom stereocenters. The van der Waals surface area contributed by atoms with Crippen molar-refractivity contribution in [3.05, 3.63) is 85.2 Å². The number of hydrogen-bond donors (Lipinski definition) is 1. The van der Waals surface area contributed by atoms with Crippen LogP contribution in [0.4, 0.5) is 0 Å². The smallest absolute Gasteiger partial charge is 0.300 e. The first kappa shape index (κ1) is 16.0. The molecule has 4 rings (SSSR count). The van der Waals surface area contributed by atoms with Crippen molar-refractivity contribution in [1.82, 2.24) is 14.9 Å². The van der Waals surface area contributed by atoms with Crippen LogP contribution in [0.25, 0.3) is 11.0 Å². The summed E-state index contributed by atoms with van der Waals surface area (Å²) in [7, 11) is 0. The van der Waals surface area contributed by atoms with Crippen molar-refractivity contribution >= 4 is 11.0 Å². The number of hydrogen-bond acceptors (Lipinski definition) is 4. The molecule has 1 aromatic heterocycles. The molecule has 0 aliphatic carbocycles. The summed E-state index contributed by atoms with van der Waals surface area (Å²) in [6, 6.07) is 15.8. The molecule has 3 aromatic rings. The maximum absolute atomic E-state index is 5.79. The largest absolute Gasteiger partial charge is 0.492 e. The molecule has 0 spiro atoms. The fourth-order valence-corrected chi connectivity index (χ4v) is 2.61. The quantitative estimate of drug-likeness (QED) is 0.707. The SMILES string of the molecule is C1=CC=CN(CCOc2ccc(Oc3nc4ccccc4[nH]3)cc2)C=C1. The minimum absolute atomic E-state index is 0.480. The number of imidazole rings is 1. The van der Waals surface area contributed by atoms with Crippen LogP contribution in [-0.2, 0) is 0 Å². The van der Waals surface area contributed by atoms with E-state index in [4.69, 9.17) is 9.47 Å². The van der Waals surface area contributed by atoms with Crippen LogP contribution in [-0.4, -0.2) is 28.0 Å². The summed E-state index contributed by atoms with van der Waals surface area (Å²) in [5, 5.41) is 0. The molecular formula is C21H19N3O2. The summed E-state index contributed by atoms with van der Waals surface area (Å²) in [5.41, 5.74) is 1.84. The first-order chi connectivity index (χ1) is 12.9. The number of nitrogens with one attached hydrogen (secondary N) is 1. The van der Waals surface area contributed by atoms with E-state index in [1.54, 1.807) is 0 Å². The molecule has 0 saturated heterocycles. The van der Waals surface area contributed by atoms with Gasteiger partial charge in [-0.25, -0.2) is 0 Å². The number of fused-ring (bicyclic) bond motifs is 1. The van der Waals surface area contributed by atoms with Crippen molar-refractivity contribution in [2.24, 2.45) is 0 Å². The summed E-state index contributed by atoms with van der Waals surface area (Å²) in [6.45, 7) is 1.38. The van der Waals surface area contributed by atoms with Crippen molar-refractivity contribution in [1.29, 1.82) is 0 Å². The Morgan fingerprint density at radius 3 is 2.35 bits per heavy atom. The lowest BCUT2D eigenvalue weighted by Gasteiger charge is -2.15. The lowest BCUT2D eigenvalue weighted by Crippen LogP contribution is -2.17. The fourth-order valence-electron chi connectivity index (χ4n) is 2.61. The summed E-state index contributed by atoms with van der Waals surface area (Å²) in [5.74, 6) is 1.52. The van der Waals surface area contributed by atoms with Gasteiger partial charge in [-0.05, 0) is 48.6 Å². The molecule has 1 N–H and O–H groups in total. The topological polar surface area (TPSA) is 50.4 Å². The van der Waals surface area contributed by atoms with Gasteiger partial charge in [0, 0.05) is 12.4 Å². The Morgan fingerprint density at radius 2 is 1.58 bits per heavy atom. The lowest BCUT2D eigenvalue weighted by molar-refractivity contribution is 0.283. The van der Waals surface area contributed by atoms with Crippen LogP contribution < -0.4 is 9.47 Å². The highest BCUT2D eigenvalue weighted by molar-refractivity contribution is 5.75. The Bertz CT molecular complexity index is 906. The zero-order valence-corrected chi connectivity index (χ0v) is 14.2. The predicted molar refractivity (Wildman–Crippen MR) is 102 cm³/mol. The zero-order chi connectivity index (χ0) is 17.6. The van der Waals surface area contributed by atoms with Gasteiger partial charge in [-0.3, -0.25) is 0 Å². The fraction of sp³-hybridized carbons (Fsp3) is 0.0952. The maximum Gasteiger partial charge on any atom is 0.300 e. The van der Waals surface area contributed by atoms with Gasteiger partial charge in [0.15, 0.2) is 0 Å². The van der Waals surface area contributed by atoms with Gasteiger partial charge < -0.3 is 19.4 Å². The Labute approximate surface area is 151 Å². The van der Waals surface area contributed by atoms with E-state index in [1.807, 2.05) is 85.2 Å². The van der Waals surface area contributed by atoms with Gasteiger partial charge in [0.25, 0.3) is 6.01 Å². The van der Waals surface area contributed by atoms with Gasteiger partial charge in [0.1, 0.15) is 18.1 Å². The van der Waals surface area contributed by atoms with Crippen LogP contribution in [0.3, 0.4) is 0 Å². The number of allylic oxidation sites excluding steroid dienone is 4. The molecule has 2 aromatic carbocycles. The maximum atomic E-state index is 5.79. The number of ether oxygens (including phenoxy) is 2. The number of H-pyrrole nitrogens is 1. The summed E-state index contributed by atoms with van der Waals surface area (Å²) in [4.78, 5) is 9.64. The van der Waals surface area contributed by atoms with Gasteiger partial charge in [-0.15, -0.1) is 0 Å². The molecule has 0 radical (unpaired) electrons. The highest BCUT2D eigenvalue weighted by atomic mass is 16.5. The Hall–Kier alpha value is -3.47. The third-order valence-corrected chi connectivity index (χ3v) is 3.91. The van der Waals surface area contributed by atoms with Crippen LogP contribution in [0.15, 0.2) is 85.2 Å². The zero-order valence-electron chi connectivity index (χ0n) is 14.2. The van der Waals surface area contributed by atoms with E-state index in [0.29, 0.717) is 18.4 Å². The highest BCUT2D eigenvalue weighted by Gasteiger charge is 2.05. The van der Waals surface area contributed by atoms with Crippen LogP contribution in [0.1, 0.15) is 0 Å². The normalized spacial score (nSPS) is 13.2. The van der Waals surface area contributed by atoms with Crippen molar-refractivity contribution in [2.75, 3.05) is 13.2 Å². The second-order valence-electron chi connectivity index (χ2n) is 5.79. The van der Waals surface area contributed by atoms with E-state index < -0.39 is 0 Å². The molecule has 0 saturated carbocycles. The van der Waals surface area contributed by atoms with Gasteiger partial charge >= 0.3 is 0 Å². The second kappa shape index (κ2) is 7.61. The molecule has 5 heteroatoms. The first-order valence-electron chi connectivity index (χ1n) is 8.50. The van der Waals surface area contributed by atoms with Crippen LogP contribution in [0, 0.1) is 0 Å². The van der Waals surface area contributed by atoms with Gasteiger partial charge in [-0.1, -0.05) is 24.3 Å². The molecule has 1 aliphatic heterocycles. The van der Waals surface area contributed by atoms with Crippen molar-refractivity contribution < 1.29 is 9.47 Å². The lowest BCUT2D eigenvalue weighted by atomic mass is 10.3. The number of nitrogens with zero attached hydrogens (tertiary/aromatic N) is 2. The van der Waals surface area contributed by atoms with Crippen molar-refractivity contribution in [3.8, 4) is 17.5 Å². The van der Waals surface area contributed by atoms with E-state index in [9.17, 15) is 0 Å². The average Bonchev–Trinajstić information content (AvgIpc) is 2.89. The molecule has 1 aliphatic rings. The average molecular weight is 345 g/mol. The third kappa shape index (κ3) is 3.95. The Morgan fingerprint density at radius 1 is 0.846 bits per heavy atom. The van der Waals surface area contributed by atoms with E-state index in [0.717, 1.165) is 23.3 Å². The number of aromatic amines is 1. The number of para-hydroxylation sites is 2. The van der Waals surface area contributed by atoms with E-state index in [-0.39, 0.29) is 0 Å². The van der Waals surface area contributed by atoms with Crippen molar-refractivity contribution in [3.63, 3.8) is 0 Å². The predicted octanol–water partition coefficient (Wildman–Crippen LogP) is 4.63. The molecule has 0 bridgehead atoms. The van der Waals surface area contributed by atoms with Crippen LogP contribution in [0.5, 0.6) is 17.5 Å². The number of benzene rings is 2. The third-order valence-electron chi connectivity index (χ3n) is 3.91. The minimum atomic E-state index is 0.480. The molecule has 2 heterocycles. The molecular weight excluding hydrogens is 326 g/mol. The van der Waals surface area contributed by atoms with Crippen LogP contribution in [0.2, 0.25) is 0 Å². The van der Waals surface area contributed by atoms with Gasteiger partial charge in [0.2, 0.25) is 0 Å². The first-order valence-corrected chi connectivity index (χ1v) is 8.50. The highest BCUT2D eigenvalue weighted by Crippen LogP contribution is 2.24. The summed E-state index contributed by atoms with van der Waals surface area (Å²) < 4.78 is 11.6. The molecule has 0 fully saturated rings. The molecule has 0 amide bonds. The molecule has 0 unspecified atom stereocenters. The van der Waals surface area contributed by atoms with E-state index in [1.165, 1.54) is 0 Å². The van der Waals surface area contributed by atoms with Crippen LogP contribution >= 0.6 is 0 Å². The summed E-state index contributed by atoms with van der Waals surface area (Å²) >= 11 is 0. The van der Waals surface area contributed by atoms with Gasteiger partial charge in [-0.2, -0.15) is 4.98 Å². The van der Waals surface area contributed by atoms with E-state index >= 15 is 0 Å². The van der Waals surface area contributed by atoms with Crippen molar-refractivity contribution in [2.45, 2.75) is 0 Å². The molecule has 130 valence electrons. The number of aromatic nitrogens is 2.